The molecule has 1 aliphatic rings. The standard InChI is InChI=1S/C25H28N2O4/c1-3-19-21(14-28)24-25(31-15-23(29)30)26-16(2)13-27(24)22(19)12-18-10-6-7-11-20(18)17-8-4-5-9-17/h6-7,10-11,13-14,17H,3-5,8-9,12,15H2,1-2H3,(H,29,30). The average Bonchev–Trinajstić information content (AvgIpc) is 3.39. The minimum atomic E-state index is -1.08. The van der Waals surface area contributed by atoms with Gasteiger partial charge in [-0.2, -0.15) is 0 Å². The lowest BCUT2D eigenvalue weighted by Crippen LogP contribution is -2.12. The van der Waals surface area contributed by atoms with Gasteiger partial charge in [0.05, 0.1) is 5.69 Å². The van der Waals surface area contributed by atoms with E-state index in [0.717, 1.165) is 17.5 Å². The van der Waals surface area contributed by atoms with Crippen LogP contribution in [0.15, 0.2) is 30.5 Å². The molecule has 1 saturated carbocycles. The smallest absolute Gasteiger partial charge is 0.341 e. The zero-order valence-electron chi connectivity index (χ0n) is 18.1. The molecule has 6 heteroatoms. The normalized spacial score (nSPS) is 14.3. The number of nitrogens with zero attached hydrogens (tertiary/aromatic N) is 2. The molecular formula is C25H28N2O4. The maximum absolute atomic E-state index is 12.1. The quantitative estimate of drug-likeness (QED) is 0.533. The van der Waals surface area contributed by atoms with Crippen molar-refractivity contribution in [3.8, 4) is 5.88 Å². The van der Waals surface area contributed by atoms with Crippen molar-refractivity contribution in [3.05, 3.63) is 64.1 Å². The molecule has 1 aliphatic carbocycles. The van der Waals surface area contributed by atoms with E-state index in [1.54, 1.807) is 0 Å². The molecule has 2 aromatic heterocycles. The van der Waals surface area contributed by atoms with Crippen molar-refractivity contribution >= 4 is 17.8 Å². The predicted octanol–water partition coefficient (Wildman–Crippen LogP) is 4.73. The van der Waals surface area contributed by atoms with Crippen molar-refractivity contribution in [2.24, 2.45) is 0 Å². The number of aryl methyl sites for hydroxylation is 1. The second-order valence-corrected chi connectivity index (χ2v) is 8.26. The Kier molecular flexibility index (Phi) is 6.07. The summed E-state index contributed by atoms with van der Waals surface area (Å²) >= 11 is 0. The lowest BCUT2D eigenvalue weighted by atomic mass is 9.90. The highest BCUT2D eigenvalue weighted by Gasteiger charge is 2.24. The van der Waals surface area contributed by atoms with Gasteiger partial charge in [-0.25, -0.2) is 9.78 Å². The number of hydrogen-bond donors (Lipinski definition) is 1. The summed E-state index contributed by atoms with van der Waals surface area (Å²) in [5.74, 6) is -0.299. The highest BCUT2D eigenvalue weighted by Crippen LogP contribution is 2.37. The van der Waals surface area contributed by atoms with Crippen molar-refractivity contribution in [1.29, 1.82) is 0 Å². The number of ether oxygens (including phenoxy) is 1. The van der Waals surface area contributed by atoms with Crippen molar-refractivity contribution in [1.82, 2.24) is 9.38 Å². The summed E-state index contributed by atoms with van der Waals surface area (Å²) in [4.78, 5) is 27.5. The van der Waals surface area contributed by atoms with Crippen LogP contribution in [0.2, 0.25) is 0 Å². The first kappa shape index (κ1) is 21.1. The SMILES string of the molecule is CCc1c(C=O)c2c(OCC(=O)O)nc(C)cn2c1Cc1ccccc1C1CCCC1. The molecule has 1 aromatic carbocycles. The van der Waals surface area contributed by atoms with Gasteiger partial charge in [-0.15, -0.1) is 0 Å². The highest BCUT2D eigenvalue weighted by molar-refractivity contribution is 5.92. The lowest BCUT2D eigenvalue weighted by Gasteiger charge is -2.16. The molecule has 3 aromatic rings. The van der Waals surface area contributed by atoms with Crippen molar-refractivity contribution < 1.29 is 19.4 Å². The number of hydrogen-bond acceptors (Lipinski definition) is 4. The minimum Gasteiger partial charge on any atom is -0.479 e. The first-order valence-corrected chi connectivity index (χ1v) is 10.9. The molecule has 0 amide bonds. The van der Waals surface area contributed by atoms with E-state index in [9.17, 15) is 9.59 Å². The minimum absolute atomic E-state index is 0.189. The number of carbonyl (C=O) groups excluding carboxylic acids is 1. The number of carbonyl (C=O) groups is 2. The van der Waals surface area contributed by atoms with E-state index in [4.69, 9.17) is 9.84 Å². The van der Waals surface area contributed by atoms with Crippen LogP contribution >= 0.6 is 0 Å². The van der Waals surface area contributed by atoms with Gasteiger partial charge < -0.3 is 14.2 Å². The third kappa shape index (κ3) is 4.07. The number of aromatic nitrogens is 2. The van der Waals surface area contributed by atoms with Gasteiger partial charge in [-0.3, -0.25) is 4.79 Å². The Balaban J connectivity index is 1.87. The number of benzene rings is 1. The zero-order valence-corrected chi connectivity index (χ0v) is 18.1. The van der Waals surface area contributed by atoms with Gasteiger partial charge in [-0.1, -0.05) is 44.0 Å². The van der Waals surface area contributed by atoms with Crippen LogP contribution < -0.4 is 4.74 Å². The van der Waals surface area contributed by atoms with Crippen molar-refractivity contribution in [2.45, 2.75) is 58.3 Å². The second-order valence-electron chi connectivity index (χ2n) is 8.26. The van der Waals surface area contributed by atoms with Gasteiger partial charge >= 0.3 is 5.97 Å². The van der Waals surface area contributed by atoms with Crippen LogP contribution in [0.3, 0.4) is 0 Å². The van der Waals surface area contributed by atoms with E-state index in [1.165, 1.54) is 36.8 Å². The largest absolute Gasteiger partial charge is 0.479 e. The second kappa shape index (κ2) is 8.92. The third-order valence-corrected chi connectivity index (χ3v) is 6.27. The molecule has 0 atom stereocenters. The molecule has 0 saturated heterocycles. The summed E-state index contributed by atoms with van der Waals surface area (Å²) in [5.41, 5.74) is 6.46. The molecule has 1 fully saturated rings. The Morgan fingerprint density at radius 2 is 2.03 bits per heavy atom. The summed E-state index contributed by atoms with van der Waals surface area (Å²) in [5, 5.41) is 9.05. The maximum Gasteiger partial charge on any atom is 0.341 e. The predicted molar refractivity (Wildman–Crippen MR) is 118 cm³/mol. The lowest BCUT2D eigenvalue weighted by molar-refractivity contribution is -0.139. The fraction of sp³-hybridized carbons (Fsp3) is 0.400. The number of carboxylic acid groups (broad SMARTS) is 1. The molecule has 0 radical (unpaired) electrons. The van der Waals surface area contributed by atoms with E-state index in [-0.39, 0.29) is 5.88 Å². The Bertz CT molecular complexity index is 1130. The number of fused-ring (bicyclic) bond motifs is 1. The van der Waals surface area contributed by atoms with Crippen LogP contribution in [0.5, 0.6) is 5.88 Å². The van der Waals surface area contributed by atoms with Gasteiger partial charge in [0.2, 0.25) is 5.88 Å². The van der Waals surface area contributed by atoms with E-state index >= 15 is 0 Å². The van der Waals surface area contributed by atoms with Gasteiger partial charge in [0.25, 0.3) is 0 Å². The first-order chi connectivity index (χ1) is 15.0. The molecule has 0 bridgehead atoms. The van der Waals surface area contributed by atoms with Crippen molar-refractivity contribution in [2.75, 3.05) is 6.61 Å². The fourth-order valence-electron chi connectivity index (χ4n) is 4.95. The summed E-state index contributed by atoms with van der Waals surface area (Å²) in [6.07, 6.45) is 9.13. The van der Waals surface area contributed by atoms with Gasteiger partial charge in [0, 0.05) is 23.9 Å². The Morgan fingerprint density at radius 3 is 2.71 bits per heavy atom. The van der Waals surface area contributed by atoms with Gasteiger partial charge in [0.15, 0.2) is 12.9 Å². The summed E-state index contributed by atoms with van der Waals surface area (Å²) in [7, 11) is 0. The van der Waals surface area contributed by atoms with Crippen LogP contribution in [0.4, 0.5) is 0 Å². The molecule has 0 aliphatic heterocycles. The highest BCUT2D eigenvalue weighted by atomic mass is 16.5. The molecule has 162 valence electrons. The number of rotatable bonds is 8. The fourth-order valence-corrected chi connectivity index (χ4v) is 4.95. The van der Waals surface area contributed by atoms with Crippen LogP contribution in [0.25, 0.3) is 5.52 Å². The maximum atomic E-state index is 12.1. The molecule has 0 unspecified atom stereocenters. The van der Waals surface area contributed by atoms with E-state index in [2.05, 4.69) is 29.2 Å². The van der Waals surface area contributed by atoms with Gasteiger partial charge in [-0.05, 0) is 48.8 Å². The molecule has 4 rings (SSSR count). The number of carboxylic acids is 1. The first-order valence-electron chi connectivity index (χ1n) is 10.9. The van der Waals surface area contributed by atoms with Crippen LogP contribution in [0, 0.1) is 6.92 Å². The molecule has 2 heterocycles. The number of aliphatic carboxylic acids is 1. The summed E-state index contributed by atoms with van der Waals surface area (Å²) < 4.78 is 7.46. The molecule has 31 heavy (non-hydrogen) atoms. The van der Waals surface area contributed by atoms with E-state index in [1.807, 2.05) is 24.4 Å². The van der Waals surface area contributed by atoms with E-state index in [0.29, 0.717) is 35.5 Å². The van der Waals surface area contributed by atoms with Crippen LogP contribution in [0.1, 0.15) is 77.0 Å². The summed E-state index contributed by atoms with van der Waals surface area (Å²) in [6.45, 7) is 3.37. The van der Waals surface area contributed by atoms with Crippen LogP contribution in [-0.4, -0.2) is 33.4 Å². The third-order valence-electron chi connectivity index (χ3n) is 6.27. The van der Waals surface area contributed by atoms with Gasteiger partial charge in [0.1, 0.15) is 5.52 Å². The van der Waals surface area contributed by atoms with E-state index < -0.39 is 12.6 Å². The average molecular weight is 421 g/mol. The molecule has 1 N–H and O–H groups in total. The Labute approximate surface area is 181 Å². The zero-order chi connectivity index (χ0) is 22.0. The topological polar surface area (TPSA) is 80.9 Å². The van der Waals surface area contributed by atoms with Crippen molar-refractivity contribution in [3.63, 3.8) is 0 Å². The Morgan fingerprint density at radius 1 is 1.29 bits per heavy atom. The Hall–Kier alpha value is -3.15. The molecular weight excluding hydrogens is 392 g/mol. The summed E-state index contributed by atoms with van der Waals surface area (Å²) in [6, 6.07) is 8.60. The number of aldehydes is 1. The monoisotopic (exact) mass is 420 g/mol. The molecule has 0 spiro atoms. The molecule has 6 nitrogen and oxygen atoms in total. The van der Waals surface area contributed by atoms with Crippen LogP contribution in [-0.2, 0) is 17.6 Å².